The molecular weight excluding hydrogens is 425 g/mol. The van der Waals surface area contributed by atoms with Gasteiger partial charge in [-0.1, -0.05) is 12.1 Å². The Hall–Kier alpha value is -4.02. The molecule has 2 amide bonds. The van der Waals surface area contributed by atoms with Gasteiger partial charge in [0.1, 0.15) is 5.82 Å². The molecule has 3 rings (SSSR count). The van der Waals surface area contributed by atoms with Crippen LogP contribution in [0, 0.1) is 6.92 Å². The molecule has 3 aromatic rings. The molecule has 8 nitrogen and oxygen atoms in total. The van der Waals surface area contributed by atoms with Crippen molar-refractivity contribution in [2.45, 2.75) is 20.2 Å². The molecule has 0 spiro atoms. The SMILES string of the molecule is CCNc1nc(C)cc(Nc2ccc(NC(=O)Nc3ccccc3OC(F)(F)F)cc2)n1. The van der Waals surface area contributed by atoms with Gasteiger partial charge in [-0.2, -0.15) is 4.98 Å². The maximum absolute atomic E-state index is 12.5. The second kappa shape index (κ2) is 9.86. The number of hydrogen-bond donors (Lipinski definition) is 4. The van der Waals surface area contributed by atoms with Crippen LogP contribution in [0.25, 0.3) is 0 Å². The van der Waals surface area contributed by atoms with E-state index in [9.17, 15) is 18.0 Å². The molecule has 11 heteroatoms. The third kappa shape index (κ3) is 6.76. The highest BCUT2D eigenvalue weighted by Gasteiger charge is 2.32. The fraction of sp³-hybridized carbons (Fsp3) is 0.190. The summed E-state index contributed by atoms with van der Waals surface area (Å²) in [5, 5.41) is 11.1. The van der Waals surface area contributed by atoms with Gasteiger partial charge in [0.05, 0.1) is 5.69 Å². The summed E-state index contributed by atoms with van der Waals surface area (Å²) in [5.74, 6) is 0.611. The minimum atomic E-state index is -4.87. The number of aromatic nitrogens is 2. The lowest BCUT2D eigenvalue weighted by Gasteiger charge is -2.14. The minimum absolute atomic E-state index is 0.115. The van der Waals surface area contributed by atoms with Crippen molar-refractivity contribution in [3.8, 4) is 5.75 Å². The van der Waals surface area contributed by atoms with E-state index in [0.29, 0.717) is 24.0 Å². The Bertz CT molecular complexity index is 1070. The third-order valence-electron chi connectivity index (χ3n) is 3.97. The van der Waals surface area contributed by atoms with E-state index in [2.05, 4.69) is 36.0 Å². The van der Waals surface area contributed by atoms with Gasteiger partial charge in [0.2, 0.25) is 5.95 Å². The number of halogens is 3. The van der Waals surface area contributed by atoms with E-state index in [1.54, 1.807) is 30.3 Å². The highest BCUT2D eigenvalue weighted by atomic mass is 19.4. The largest absolute Gasteiger partial charge is 0.573 e. The predicted molar refractivity (Wildman–Crippen MR) is 116 cm³/mol. The van der Waals surface area contributed by atoms with Crippen molar-refractivity contribution in [3.63, 3.8) is 0 Å². The second-order valence-corrected chi connectivity index (χ2v) is 6.57. The number of rotatable bonds is 7. The fourth-order valence-electron chi connectivity index (χ4n) is 2.72. The molecule has 0 aliphatic carbocycles. The predicted octanol–water partition coefficient (Wildman–Crippen LogP) is 5.50. The lowest BCUT2D eigenvalue weighted by molar-refractivity contribution is -0.274. The van der Waals surface area contributed by atoms with Gasteiger partial charge in [0, 0.05) is 29.7 Å². The highest BCUT2D eigenvalue weighted by Crippen LogP contribution is 2.30. The van der Waals surface area contributed by atoms with Gasteiger partial charge in [-0.15, -0.1) is 13.2 Å². The molecule has 0 atom stereocenters. The summed E-state index contributed by atoms with van der Waals surface area (Å²) in [7, 11) is 0. The van der Waals surface area contributed by atoms with E-state index in [4.69, 9.17) is 0 Å². The number of alkyl halides is 3. The number of ether oxygens (including phenoxy) is 1. The average Bonchev–Trinajstić information content (AvgIpc) is 2.70. The van der Waals surface area contributed by atoms with Gasteiger partial charge < -0.3 is 26.0 Å². The van der Waals surface area contributed by atoms with Crippen LogP contribution in [-0.4, -0.2) is 28.9 Å². The molecule has 0 aliphatic heterocycles. The van der Waals surface area contributed by atoms with E-state index >= 15 is 0 Å². The zero-order valence-corrected chi connectivity index (χ0v) is 17.2. The molecule has 0 saturated carbocycles. The smallest absolute Gasteiger partial charge is 0.404 e. The van der Waals surface area contributed by atoms with Crippen LogP contribution in [0.5, 0.6) is 5.75 Å². The quantitative estimate of drug-likeness (QED) is 0.382. The molecule has 1 heterocycles. The number of aryl methyl sites for hydroxylation is 1. The summed E-state index contributed by atoms with van der Waals surface area (Å²) in [6, 6.07) is 13.1. The van der Waals surface area contributed by atoms with Crippen LogP contribution in [0.15, 0.2) is 54.6 Å². The molecule has 0 radical (unpaired) electrons. The van der Waals surface area contributed by atoms with E-state index in [1.807, 2.05) is 13.8 Å². The first-order valence-electron chi connectivity index (χ1n) is 9.61. The lowest BCUT2D eigenvalue weighted by Crippen LogP contribution is -2.22. The van der Waals surface area contributed by atoms with Gasteiger partial charge in [0.15, 0.2) is 5.75 Å². The van der Waals surface area contributed by atoms with Crippen molar-refractivity contribution < 1.29 is 22.7 Å². The monoisotopic (exact) mass is 446 g/mol. The van der Waals surface area contributed by atoms with Gasteiger partial charge in [-0.05, 0) is 50.2 Å². The Morgan fingerprint density at radius 3 is 2.38 bits per heavy atom. The Labute approximate surface area is 182 Å². The van der Waals surface area contributed by atoms with Crippen molar-refractivity contribution in [2.24, 2.45) is 0 Å². The van der Waals surface area contributed by atoms with Crippen LogP contribution in [-0.2, 0) is 0 Å². The number of carbonyl (C=O) groups is 1. The first kappa shape index (κ1) is 22.7. The summed E-state index contributed by atoms with van der Waals surface area (Å²) < 4.78 is 41.5. The standard InChI is InChI=1S/C21H21F3N6O2/c1-3-25-19-26-13(2)12-18(30-19)27-14-8-10-15(11-9-14)28-20(31)29-16-6-4-5-7-17(16)32-21(22,23)24/h4-12H,3H2,1-2H3,(H2,28,29,31)(H2,25,26,27,30). The van der Waals surface area contributed by atoms with Crippen LogP contribution < -0.4 is 26.0 Å². The normalized spacial score (nSPS) is 10.9. The topological polar surface area (TPSA) is 100 Å². The minimum Gasteiger partial charge on any atom is -0.404 e. The number of hydrogen-bond acceptors (Lipinski definition) is 6. The Morgan fingerprint density at radius 1 is 1.00 bits per heavy atom. The second-order valence-electron chi connectivity index (χ2n) is 6.57. The van der Waals surface area contributed by atoms with E-state index < -0.39 is 18.1 Å². The van der Waals surface area contributed by atoms with Gasteiger partial charge in [-0.25, -0.2) is 9.78 Å². The molecule has 0 fully saturated rings. The molecule has 0 unspecified atom stereocenters. The maximum atomic E-state index is 12.5. The summed E-state index contributed by atoms with van der Waals surface area (Å²) >= 11 is 0. The van der Waals surface area contributed by atoms with E-state index in [1.165, 1.54) is 18.2 Å². The number of nitrogens with one attached hydrogen (secondary N) is 4. The fourth-order valence-corrected chi connectivity index (χ4v) is 2.72. The molecule has 2 aromatic carbocycles. The first-order valence-corrected chi connectivity index (χ1v) is 9.61. The number of amides is 2. The molecule has 1 aromatic heterocycles. The van der Waals surface area contributed by atoms with Crippen molar-refractivity contribution in [1.82, 2.24) is 9.97 Å². The molecule has 0 bridgehead atoms. The van der Waals surface area contributed by atoms with E-state index in [0.717, 1.165) is 17.4 Å². The molecule has 0 aliphatic rings. The van der Waals surface area contributed by atoms with Gasteiger partial charge in [0.25, 0.3) is 0 Å². The Morgan fingerprint density at radius 2 is 1.69 bits per heavy atom. The third-order valence-corrected chi connectivity index (χ3v) is 3.97. The van der Waals surface area contributed by atoms with Crippen LogP contribution >= 0.6 is 0 Å². The molecule has 168 valence electrons. The maximum Gasteiger partial charge on any atom is 0.573 e. The molecule has 32 heavy (non-hydrogen) atoms. The van der Waals surface area contributed by atoms with Crippen molar-refractivity contribution in [3.05, 3.63) is 60.3 Å². The average molecular weight is 446 g/mol. The van der Waals surface area contributed by atoms with Crippen LogP contribution in [0.3, 0.4) is 0 Å². The number of urea groups is 1. The zero-order chi connectivity index (χ0) is 23.1. The van der Waals surface area contributed by atoms with Crippen molar-refractivity contribution in [1.29, 1.82) is 0 Å². The summed E-state index contributed by atoms with van der Waals surface area (Å²) in [6.45, 7) is 4.50. The molecule has 0 saturated heterocycles. The number of benzene rings is 2. The van der Waals surface area contributed by atoms with Gasteiger partial charge in [-0.3, -0.25) is 0 Å². The summed E-state index contributed by atoms with van der Waals surface area (Å²) in [5.41, 5.74) is 1.84. The van der Waals surface area contributed by atoms with Crippen molar-refractivity contribution >= 4 is 34.9 Å². The Balaban J connectivity index is 1.62. The number of nitrogens with zero attached hydrogens (tertiary/aromatic N) is 2. The summed E-state index contributed by atoms with van der Waals surface area (Å²) in [6.07, 6.45) is -4.87. The lowest BCUT2D eigenvalue weighted by atomic mass is 10.2. The van der Waals surface area contributed by atoms with Crippen LogP contribution in [0.1, 0.15) is 12.6 Å². The zero-order valence-electron chi connectivity index (χ0n) is 17.2. The van der Waals surface area contributed by atoms with Gasteiger partial charge >= 0.3 is 12.4 Å². The summed E-state index contributed by atoms with van der Waals surface area (Å²) in [4.78, 5) is 20.9. The molecule has 4 N–H and O–H groups in total. The van der Waals surface area contributed by atoms with E-state index in [-0.39, 0.29) is 5.69 Å². The van der Waals surface area contributed by atoms with Crippen LogP contribution in [0.2, 0.25) is 0 Å². The number of anilines is 5. The van der Waals surface area contributed by atoms with Crippen LogP contribution in [0.4, 0.5) is 46.8 Å². The number of para-hydroxylation sites is 2. The Kier molecular flexibility index (Phi) is 6.98. The van der Waals surface area contributed by atoms with Crippen molar-refractivity contribution in [2.75, 3.05) is 27.8 Å². The number of carbonyl (C=O) groups excluding carboxylic acids is 1. The highest BCUT2D eigenvalue weighted by molar-refractivity contribution is 6.00. The molecular formula is C21H21F3N6O2. The first-order chi connectivity index (χ1) is 15.2.